The van der Waals surface area contributed by atoms with Crippen LogP contribution < -0.4 is 10.6 Å². The van der Waals surface area contributed by atoms with Gasteiger partial charge in [0.2, 0.25) is 5.96 Å². The molecule has 104 valence electrons. The molecule has 1 unspecified atom stereocenters. The van der Waals surface area contributed by atoms with Crippen molar-refractivity contribution in [3.8, 4) is 0 Å². The SMILES string of the molecule is Cc1[nH]ccc1CCNC1=NC(C)N=C(N(C)C)N1. The molecular weight excluding hydrogens is 240 g/mol. The number of hydrogen-bond acceptors (Lipinski definition) is 5. The van der Waals surface area contributed by atoms with Gasteiger partial charge in [-0.1, -0.05) is 0 Å². The van der Waals surface area contributed by atoms with Gasteiger partial charge in [0, 0.05) is 32.5 Å². The van der Waals surface area contributed by atoms with Crippen LogP contribution in [-0.4, -0.2) is 48.6 Å². The number of aromatic amines is 1. The van der Waals surface area contributed by atoms with E-state index in [1.54, 1.807) is 0 Å². The number of hydrogen-bond donors (Lipinski definition) is 3. The number of aryl methyl sites for hydroxylation is 1. The van der Waals surface area contributed by atoms with Gasteiger partial charge < -0.3 is 15.2 Å². The van der Waals surface area contributed by atoms with Gasteiger partial charge in [-0.3, -0.25) is 5.32 Å². The summed E-state index contributed by atoms with van der Waals surface area (Å²) in [6.45, 7) is 4.91. The second-order valence-corrected chi connectivity index (χ2v) is 4.89. The minimum atomic E-state index is -0.0462. The van der Waals surface area contributed by atoms with E-state index in [1.165, 1.54) is 11.3 Å². The molecule has 1 aliphatic heterocycles. The van der Waals surface area contributed by atoms with Crippen LogP contribution in [0.15, 0.2) is 22.2 Å². The summed E-state index contributed by atoms with van der Waals surface area (Å²) in [5, 5.41) is 6.50. The Bertz CT molecular complexity index is 485. The van der Waals surface area contributed by atoms with Crippen LogP contribution in [0.1, 0.15) is 18.2 Å². The predicted molar refractivity (Wildman–Crippen MR) is 78.4 cm³/mol. The summed E-state index contributed by atoms with van der Waals surface area (Å²) in [4.78, 5) is 14.0. The third kappa shape index (κ3) is 3.49. The highest BCUT2D eigenvalue weighted by atomic mass is 15.4. The van der Waals surface area contributed by atoms with Gasteiger partial charge >= 0.3 is 0 Å². The standard InChI is InChI=1S/C13H22N6/c1-9-11(5-7-14-9)6-8-15-12-16-10(2)17-13(18-12)19(3)4/h5,7,10,14H,6,8H2,1-4H3,(H2,15,16,17,18). The number of nitrogens with one attached hydrogen (secondary N) is 3. The van der Waals surface area contributed by atoms with Crippen molar-refractivity contribution in [3.05, 3.63) is 23.5 Å². The zero-order chi connectivity index (χ0) is 13.8. The Balaban J connectivity index is 1.85. The Kier molecular flexibility index (Phi) is 4.09. The second kappa shape index (κ2) is 5.77. The van der Waals surface area contributed by atoms with Gasteiger partial charge in [0.15, 0.2) is 5.96 Å². The van der Waals surface area contributed by atoms with E-state index in [9.17, 15) is 0 Å². The first-order valence-corrected chi connectivity index (χ1v) is 6.53. The topological polar surface area (TPSA) is 67.8 Å². The molecule has 0 aromatic carbocycles. The highest BCUT2D eigenvalue weighted by molar-refractivity contribution is 5.99. The van der Waals surface area contributed by atoms with E-state index in [2.05, 4.69) is 38.6 Å². The summed E-state index contributed by atoms with van der Waals surface area (Å²) >= 11 is 0. The smallest absolute Gasteiger partial charge is 0.202 e. The number of H-pyrrole nitrogens is 1. The molecule has 0 amide bonds. The van der Waals surface area contributed by atoms with Crippen LogP contribution in [0.2, 0.25) is 0 Å². The molecule has 0 fully saturated rings. The molecule has 0 bridgehead atoms. The van der Waals surface area contributed by atoms with Crippen LogP contribution in [0, 0.1) is 6.92 Å². The molecule has 0 radical (unpaired) electrons. The van der Waals surface area contributed by atoms with Crippen LogP contribution >= 0.6 is 0 Å². The maximum Gasteiger partial charge on any atom is 0.202 e. The van der Waals surface area contributed by atoms with Gasteiger partial charge in [0.25, 0.3) is 0 Å². The van der Waals surface area contributed by atoms with Crippen molar-refractivity contribution in [3.63, 3.8) is 0 Å². The van der Waals surface area contributed by atoms with Crippen LogP contribution in [0.4, 0.5) is 0 Å². The van der Waals surface area contributed by atoms with Crippen molar-refractivity contribution in [2.75, 3.05) is 20.6 Å². The molecule has 0 spiro atoms. The lowest BCUT2D eigenvalue weighted by Gasteiger charge is -2.24. The summed E-state index contributed by atoms with van der Waals surface area (Å²) < 4.78 is 0. The fraction of sp³-hybridized carbons (Fsp3) is 0.538. The minimum Gasteiger partial charge on any atom is -0.365 e. The first-order valence-electron chi connectivity index (χ1n) is 6.53. The van der Waals surface area contributed by atoms with Gasteiger partial charge in [-0.15, -0.1) is 0 Å². The summed E-state index contributed by atoms with van der Waals surface area (Å²) in [5.74, 6) is 1.63. The van der Waals surface area contributed by atoms with Gasteiger partial charge in [0.1, 0.15) is 6.17 Å². The molecule has 1 aromatic rings. The van der Waals surface area contributed by atoms with Crippen LogP contribution in [-0.2, 0) is 6.42 Å². The van der Waals surface area contributed by atoms with Gasteiger partial charge in [0.05, 0.1) is 0 Å². The number of nitrogens with zero attached hydrogens (tertiary/aromatic N) is 3. The minimum absolute atomic E-state index is 0.0462. The van der Waals surface area contributed by atoms with E-state index >= 15 is 0 Å². The third-order valence-corrected chi connectivity index (χ3v) is 3.03. The number of rotatable bonds is 3. The summed E-state index contributed by atoms with van der Waals surface area (Å²) in [6, 6.07) is 2.11. The zero-order valence-corrected chi connectivity index (χ0v) is 12.0. The van der Waals surface area contributed by atoms with Crippen molar-refractivity contribution in [1.82, 2.24) is 20.5 Å². The first kappa shape index (κ1) is 13.5. The van der Waals surface area contributed by atoms with Crippen LogP contribution in [0.5, 0.6) is 0 Å². The molecule has 0 saturated carbocycles. The van der Waals surface area contributed by atoms with Crippen molar-refractivity contribution >= 4 is 11.9 Å². The Morgan fingerprint density at radius 1 is 1.37 bits per heavy atom. The summed E-state index contributed by atoms with van der Waals surface area (Å²) in [6.07, 6.45) is 2.90. The lowest BCUT2D eigenvalue weighted by atomic mass is 10.2. The third-order valence-electron chi connectivity index (χ3n) is 3.03. The lowest BCUT2D eigenvalue weighted by molar-refractivity contribution is 0.578. The Morgan fingerprint density at radius 2 is 2.16 bits per heavy atom. The molecule has 6 heteroatoms. The maximum atomic E-state index is 4.43. The first-order chi connectivity index (χ1) is 9.06. The molecule has 3 N–H and O–H groups in total. The highest BCUT2D eigenvalue weighted by Crippen LogP contribution is 2.05. The van der Waals surface area contributed by atoms with Gasteiger partial charge in [-0.25, -0.2) is 9.98 Å². The zero-order valence-electron chi connectivity index (χ0n) is 12.0. The average molecular weight is 262 g/mol. The van der Waals surface area contributed by atoms with E-state index in [-0.39, 0.29) is 6.17 Å². The quantitative estimate of drug-likeness (QED) is 0.750. The van der Waals surface area contributed by atoms with Crippen molar-refractivity contribution in [2.45, 2.75) is 26.4 Å². The van der Waals surface area contributed by atoms with Gasteiger partial charge in [-0.05, 0) is 31.9 Å². The van der Waals surface area contributed by atoms with Gasteiger partial charge in [-0.2, -0.15) is 0 Å². The molecule has 6 nitrogen and oxygen atoms in total. The normalized spacial score (nSPS) is 18.4. The highest BCUT2D eigenvalue weighted by Gasteiger charge is 2.14. The van der Waals surface area contributed by atoms with Crippen molar-refractivity contribution in [1.29, 1.82) is 0 Å². The lowest BCUT2D eigenvalue weighted by Crippen LogP contribution is -2.49. The maximum absolute atomic E-state index is 4.43. The Labute approximate surface area is 114 Å². The largest absolute Gasteiger partial charge is 0.365 e. The van der Waals surface area contributed by atoms with E-state index in [0.29, 0.717) is 0 Å². The molecule has 19 heavy (non-hydrogen) atoms. The molecule has 1 atom stereocenters. The van der Waals surface area contributed by atoms with Crippen molar-refractivity contribution in [2.24, 2.45) is 9.98 Å². The average Bonchev–Trinajstić information content (AvgIpc) is 2.74. The Morgan fingerprint density at radius 3 is 2.79 bits per heavy atom. The monoisotopic (exact) mass is 262 g/mol. The summed E-state index contributed by atoms with van der Waals surface area (Å²) in [7, 11) is 3.93. The summed E-state index contributed by atoms with van der Waals surface area (Å²) in [5.41, 5.74) is 2.56. The molecule has 0 saturated heterocycles. The molecule has 1 aromatic heterocycles. The number of aliphatic imine (C=N–C) groups is 2. The second-order valence-electron chi connectivity index (χ2n) is 4.89. The fourth-order valence-electron chi connectivity index (χ4n) is 1.95. The van der Waals surface area contributed by atoms with Crippen molar-refractivity contribution < 1.29 is 0 Å². The number of aromatic nitrogens is 1. The molecular formula is C13H22N6. The predicted octanol–water partition coefficient (Wildman–Crippen LogP) is 0.678. The van der Waals surface area contributed by atoms with E-state index in [0.717, 1.165) is 24.9 Å². The molecule has 0 aliphatic carbocycles. The molecule has 1 aliphatic rings. The molecule has 2 rings (SSSR count). The van der Waals surface area contributed by atoms with Crippen LogP contribution in [0.25, 0.3) is 0 Å². The molecule has 2 heterocycles. The number of guanidine groups is 2. The van der Waals surface area contributed by atoms with E-state index in [1.807, 2.05) is 32.1 Å². The fourth-order valence-corrected chi connectivity index (χ4v) is 1.95. The van der Waals surface area contributed by atoms with E-state index < -0.39 is 0 Å². The van der Waals surface area contributed by atoms with E-state index in [4.69, 9.17) is 0 Å². The van der Waals surface area contributed by atoms with Crippen LogP contribution in [0.3, 0.4) is 0 Å². The Hall–Kier alpha value is -1.98.